The lowest BCUT2D eigenvalue weighted by molar-refractivity contribution is 0.772. The molecular formula is C15H19NS. The molecule has 0 fully saturated rings. The predicted octanol–water partition coefficient (Wildman–Crippen LogP) is 3.81. The maximum absolute atomic E-state index is 3.17. The van der Waals surface area contributed by atoms with Crippen LogP contribution in [0.4, 0.5) is 0 Å². The maximum atomic E-state index is 3.17. The molecule has 1 atom stereocenters. The van der Waals surface area contributed by atoms with E-state index in [0.29, 0.717) is 5.92 Å². The van der Waals surface area contributed by atoms with Crippen LogP contribution in [0.25, 0.3) is 0 Å². The first-order chi connectivity index (χ1) is 8.29. The summed E-state index contributed by atoms with van der Waals surface area (Å²) in [4.78, 5) is 1.48. The third kappa shape index (κ3) is 3.42. The Labute approximate surface area is 108 Å². The van der Waals surface area contributed by atoms with E-state index >= 15 is 0 Å². The van der Waals surface area contributed by atoms with Crippen molar-refractivity contribution in [2.45, 2.75) is 25.8 Å². The van der Waals surface area contributed by atoms with Gasteiger partial charge in [0.1, 0.15) is 0 Å². The highest BCUT2D eigenvalue weighted by Gasteiger charge is 2.07. The van der Waals surface area contributed by atoms with Gasteiger partial charge < -0.3 is 5.32 Å². The number of rotatable bonds is 5. The molecule has 0 radical (unpaired) electrons. The molecular weight excluding hydrogens is 226 g/mol. The zero-order chi connectivity index (χ0) is 12.1. The monoisotopic (exact) mass is 245 g/mol. The average molecular weight is 245 g/mol. The molecule has 0 spiro atoms. The van der Waals surface area contributed by atoms with Gasteiger partial charge in [-0.1, -0.05) is 37.3 Å². The number of benzene rings is 1. The maximum Gasteiger partial charge on any atom is 0.0202 e. The summed E-state index contributed by atoms with van der Waals surface area (Å²) in [5.41, 5.74) is 2.77. The van der Waals surface area contributed by atoms with Crippen LogP contribution >= 0.6 is 11.3 Å². The molecule has 0 amide bonds. The molecule has 0 saturated heterocycles. The first-order valence-corrected chi connectivity index (χ1v) is 6.93. The Morgan fingerprint density at radius 2 is 1.82 bits per heavy atom. The third-order valence-corrected chi connectivity index (χ3v) is 4.08. The molecule has 2 rings (SSSR count). The van der Waals surface area contributed by atoms with Crippen molar-refractivity contribution in [3.05, 3.63) is 57.8 Å². The van der Waals surface area contributed by atoms with E-state index in [1.807, 2.05) is 18.4 Å². The van der Waals surface area contributed by atoms with Gasteiger partial charge in [0.15, 0.2) is 0 Å². The van der Waals surface area contributed by atoms with Crippen molar-refractivity contribution < 1.29 is 0 Å². The smallest absolute Gasteiger partial charge is 0.0202 e. The van der Waals surface area contributed by atoms with Crippen LogP contribution in [0.1, 0.15) is 28.8 Å². The fourth-order valence-electron chi connectivity index (χ4n) is 2.02. The summed E-state index contributed by atoms with van der Waals surface area (Å²) >= 11 is 1.85. The van der Waals surface area contributed by atoms with E-state index in [4.69, 9.17) is 0 Å². The molecule has 1 unspecified atom stereocenters. The molecule has 1 nitrogen and oxygen atoms in total. The highest BCUT2D eigenvalue weighted by atomic mass is 32.1. The first-order valence-electron chi connectivity index (χ1n) is 6.05. The van der Waals surface area contributed by atoms with Crippen molar-refractivity contribution in [3.8, 4) is 0 Å². The molecule has 1 heterocycles. The van der Waals surface area contributed by atoms with Gasteiger partial charge in [-0.05, 0) is 42.0 Å². The summed E-state index contributed by atoms with van der Waals surface area (Å²) < 4.78 is 0. The van der Waals surface area contributed by atoms with Crippen molar-refractivity contribution in [2.75, 3.05) is 7.05 Å². The minimum atomic E-state index is 0.616. The molecule has 0 aliphatic carbocycles. The van der Waals surface area contributed by atoms with Gasteiger partial charge in [-0.3, -0.25) is 0 Å². The number of hydrogen-bond acceptors (Lipinski definition) is 2. The van der Waals surface area contributed by atoms with Crippen LogP contribution in [-0.2, 0) is 13.0 Å². The van der Waals surface area contributed by atoms with Gasteiger partial charge in [0, 0.05) is 11.4 Å². The summed E-state index contributed by atoms with van der Waals surface area (Å²) in [5.74, 6) is 0.616. The minimum Gasteiger partial charge on any atom is -0.316 e. The van der Waals surface area contributed by atoms with E-state index in [1.54, 1.807) is 0 Å². The van der Waals surface area contributed by atoms with Crippen LogP contribution in [0.2, 0.25) is 0 Å². The van der Waals surface area contributed by atoms with E-state index in [1.165, 1.54) is 16.0 Å². The summed E-state index contributed by atoms with van der Waals surface area (Å²) in [7, 11) is 1.98. The second-order valence-electron chi connectivity index (χ2n) is 4.47. The van der Waals surface area contributed by atoms with E-state index in [-0.39, 0.29) is 0 Å². The molecule has 90 valence electrons. The lowest BCUT2D eigenvalue weighted by Gasteiger charge is -2.10. The van der Waals surface area contributed by atoms with Crippen molar-refractivity contribution in [1.82, 2.24) is 5.32 Å². The van der Waals surface area contributed by atoms with E-state index < -0.39 is 0 Å². The summed E-state index contributed by atoms with van der Waals surface area (Å²) in [5, 5.41) is 5.32. The Hall–Kier alpha value is -1.12. The van der Waals surface area contributed by atoms with Crippen molar-refractivity contribution in [3.63, 3.8) is 0 Å². The van der Waals surface area contributed by atoms with Crippen LogP contribution < -0.4 is 5.32 Å². The molecule has 1 aromatic carbocycles. The van der Waals surface area contributed by atoms with Crippen LogP contribution in [0.3, 0.4) is 0 Å². The van der Waals surface area contributed by atoms with E-state index in [9.17, 15) is 0 Å². The molecule has 0 bridgehead atoms. The Bertz CT molecular complexity index is 430. The third-order valence-electron chi connectivity index (χ3n) is 2.97. The van der Waals surface area contributed by atoms with Crippen LogP contribution in [0.5, 0.6) is 0 Å². The molecule has 2 aromatic rings. The molecule has 0 aliphatic heterocycles. The minimum absolute atomic E-state index is 0.616. The van der Waals surface area contributed by atoms with Crippen molar-refractivity contribution in [1.29, 1.82) is 0 Å². The largest absolute Gasteiger partial charge is 0.316 e. The number of nitrogens with one attached hydrogen (secondary N) is 1. The summed E-state index contributed by atoms with van der Waals surface area (Å²) in [6.45, 7) is 3.24. The highest BCUT2D eigenvalue weighted by molar-refractivity contribution is 7.10. The van der Waals surface area contributed by atoms with Gasteiger partial charge in [-0.2, -0.15) is 0 Å². The summed E-state index contributed by atoms with van der Waals surface area (Å²) in [6, 6.07) is 13.3. The van der Waals surface area contributed by atoms with Crippen molar-refractivity contribution in [2.24, 2.45) is 0 Å². The second kappa shape index (κ2) is 5.99. The SMILES string of the molecule is CNCc1ccc(CC(C)c2cccs2)cc1. The lowest BCUT2D eigenvalue weighted by Crippen LogP contribution is -2.05. The van der Waals surface area contributed by atoms with Gasteiger partial charge in [-0.15, -0.1) is 11.3 Å². The topological polar surface area (TPSA) is 12.0 Å². The van der Waals surface area contributed by atoms with Gasteiger partial charge in [0.05, 0.1) is 0 Å². The quantitative estimate of drug-likeness (QED) is 0.844. The fraction of sp³-hybridized carbons (Fsp3) is 0.333. The van der Waals surface area contributed by atoms with Crippen LogP contribution in [0, 0.1) is 0 Å². The zero-order valence-electron chi connectivity index (χ0n) is 10.4. The van der Waals surface area contributed by atoms with Gasteiger partial charge >= 0.3 is 0 Å². The van der Waals surface area contributed by atoms with Crippen molar-refractivity contribution >= 4 is 11.3 Å². The van der Waals surface area contributed by atoms with Crippen LogP contribution in [0.15, 0.2) is 41.8 Å². The van der Waals surface area contributed by atoms with Gasteiger partial charge in [-0.25, -0.2) is 0 Å². The normalized spacial score (nSPS) is 12.6. The number of thiophene rings is 1. The first kappa shape index (κ1) is 12.3. The van der Waals surface area contributed by atoms with Gasteiger partial charge in [0.25, 0.3) is 0 Å². The molecule has 17 heavy (non-hydrogen) atoms. The van der Waals surface area contributed by atoms with E-state index in [0.717, 1.165) is 13.0 Å². The van der Waals surface area contributed by atoms with Crippen LogP contribution in [-0.4, -0.2) is 7.05 Å². The molecule has 0 aliphatic rings. The zero-order valence-corrected chi connectivity index (χ0v) is 11.3. The fourth-order valence-corrected chi connectivity index (χ4v) is 2.81. The molecule has 1 aromatic heterocycles. The standard InChI is InChI=1S/C15H19NS/c1-12(15-4-3-9-17-15)10-13-5-7-14(8-6-13)11-16-2/h3-9,12,16H,10-11H2,1-2H3. The highest BCUT2D eigenvalue weighted by Crippen LogP contribution is 2.24. The summed E-state index contributed by atoms with van der Waals surface area (Å²) in [6.07, 6.45) is 1.13. The van der Waals surface area contributed by atoms with Gasteiger partial charge in [0.2, 0.25) is 0 Å². The molecule has 0 saturated carbocycles. The van der Waals surface area contributed by atoms with E-state index in [2.05, 4.69) is 54.0 Å². The predicted molar refractivity (Wildman–Crippen MR) is 75.6 cm³/mol. The Morgan fingerprint density at radius 1 is 1.12 bits per heavy atom. The lowest BCUT2D eigenvalue weighted by atomic mass is 9.99. The second-order valence-corrected chi connectivity index (χ2v) is 5.45. The average Bonchev–Trinajstić information content (AvgIpc) is 2.86. The number of hydrogen-bond donors (Lipinski definition) is 1. The Kier molecular flexibility index (Phi) is 4.35. The molecule has 1 N–H and O–H groups in total. The molecule has 2 heteroatoms. The Morgan fingerprint density at radius 3 is 2.41 bits per heavy atom. The Balaban J connectivity index is 1.99.